The first-order chi connectivity index (χ1) is 10.7. The van der Waals surface area contributed by atoms with E-state index in [1.165, 1.54) is 11.1 Å². The van der Waals surface area contributed by atoms with Gasteiger partial charge in [-0.3, -0.25) is 4.79 Å². The Hall–Kier alpha value is -1.39. The maximum absolute atomic E-state index is 12.9. The highest BCUT2D eigenvalue weighted by molar-refractivity contribution is 5.85. The van der Waals surface area contributed by atoms with Gasteiger partial charge in [0.05, 0.1) is 19.3 Å². The number of hydrogen-bond donors (Lipinski definition) is 0. The van der Waals surface area contributed by atoms with Crippen LogP contribution in [0.25, 0.3) is 0 Å². The Morgan fingerprint density at radius 2 is 2.32 bits per heavy atom. The van der Waals surface area contributed by atoms with Crippen molar-refractivity contribution in [3.8, 4) is 0 Å². The zero-order valence-corrected chi connectivity index (χ0v) is 13.1. The van der Waals surface area contributed by atoms with Crippen LogP contribution in [0.5, 0.6) is 0 Å². The maximum Gasteiger partial charge on any atom is 0.226 e. The lowest BCUT2D eigenvalue weighted by molar-refractivity contribution is -0.142. The molecule has 4 heteroatoms. The van der Waals surface area contributed by atoms with Crippen LogP contribution in [0.3, 0.4) is 0 Å². The summed E-state index contributed by atoms with van der Waals surface area (Å²) in [5, 5.41) is 0. The van der Waals surface area contributed by atoms with Crippen LogP contribution >= 0.6 is 0 Å². The molecule has 118 valence electrons. The van der Waals surface area contributed by atoms with Crippen LogP contribution in [0.1, 0.15) is 24.0 Å². The van der Waals surface area contributed by atoms with E-state index in [-0.39, 0.29) is 17.4 Å². The molecule has 22 heavy (non-hydrogen) atoms. The molecule has 0 N–H and O–H groups in total. The zero-order valence-electron chi connectivity index (χ0n) is 13.1. The molecule has 2 aliphatic carbocycles. The number of fused-ring (bicyclic) bond motifs is 2. The average Bonchev–Trinajstić information content (AvgIpc) is 3.17. The molecule has 1 aliphatic heterocycles. The highest BCUT2D eigenvalue weighted by Gasteiger charge is 2.62. The van der Waals surface area contributed by atoms with Gasteiger partial charge in [-0.2, -0.15) is 0 Å². The first-order valence-corrected chi connectivity index (χ1v) is 8.22. The summed E-state index contributed by atoms with van der Waals surface area (Å²) in [6.45, 7) is 2.56. The number of carbonyl (C=O) groups is 1. The average molecular weight is 301 g/mol. The lowest BCUT2D eigenvalue weighted by atomic mass is 9.95. The standard InChI is InChI=1S/C18H23NO3/c1-21-12-14-11-19(8-9-22-14)17(20)16-10-18(16)7-6-13-4-2-3-5-15(13)18/h2-5,14,16H,6-12H2,1H3/t14-,16+,18+/m0/s1. The summed E-state index contributed by atoms with van der Waals surface area (Å²) in [6.07, 6.45) is 3.30. The van der Waals surface area contributed by atoms with Gasteiger partial charge in [-0.05, 0) is 30.4 Å². The molecule has 0 bridgehead atoms. The number of carbonyl (C=O) groups excluding carboxylic acids is 1. The van der Waals surface area contributed by atoms with E-state index >= 15 is 0 Å². The molecule has 1 aromatic rings. The van der Waals surface area contributed by atoms with E-state index in [1.54, 1.807) is 7.11 Å². The third-order valence-corrected chi connectivity index (χ3v) is 5.57. The van der Waals surface area contributed by atoms with Gasteiger partial charge in [0.15, 0.2) is 0 Å². The normalized spacial score (nSPS) is 33.0. The molecule has 0 aromatic heterocycles. The number of ether oxygens (including phenoxy) is 2. The van der Waals surface area contributed by atoms with Crippen LogP contribution in [0.15, 0.2) is 24.3 Å². The molecule has 1 saturated heterocycles. The fourth-order valence-electron chi connectivity index (χ4n) is 4.35. The van der Waals surface area contributed by atoms with Crippen molar-refractivity contribution in [2.75, 3.05) is 33.4 Å². The number of benzene rings is 1. The molecular formula is C18H23NO3. The Morgan fingerprint density at radius 1 is 1.45 bits per heavy atom. The highest BCUT2D eigenvalue weighted by atomic mass is 16.5. The van der Waals surface area contributed by atoms with Crippen LogP contribution in [-0.2, 0) is 26.1 Å². The molecule has 0 radical (unpaired) electrons. The lowest BCUT2D eigenvalue weighted by Crippen LogP contribution is -2.48. The van der Waals surface area contributed by atoms with E-state index in [0.29, 0.717) is 32.2 Å². The summed E-state index contributed by atoms with van der Waals surface area (Å²) in [5.41, 5.74) is 3.01. The molecule has 4 nitrogen and oxygen atoms in total. The minimum Gasteiger partial charge on any atom is -0.382 e. The van der Waals surface area contributed by atoms with E-state index in [2.05, 4.69) is 24.3 Å². The second-order valence-corrected chi connectivity index (χ2v) is 6.80. The molecule has 2 fully saturated rings. The van der Waals surface area contributed by atoms with Crippen molar-refractivity contribution < 1.29 is 14.3 Å². The Kier molecular flexibility index (Phi) is 3.46. The van der Waals surface area contributed by atoms with Gasteiger partial charge in [0.1, 0.15) is 0 Å². The topological polar surface area (TPSA) is 38.8 Å². The van der Waals surface area contributed by atoms with Gasteiger partial charge in [-0.1, -0.05) is 24.3 Å². The molecule has 3 atom stereocenters. The number of hydrogen-bond acceptors (Lipinski definition) is 3. The Balaban J connectivity index is 1.47. The van der Waals surface area contributed by atoms with Crippen LogP contribution in [0, 0.1) is 5.92 Å². The van der Waals surface area contributed by atoms with Crippen molar-refractivity contribution in [1.29, 1.82) is 0 Å². The third kappa shape index (κ3) is 2.17. The van der Waals surface area contributed by atoms with E-state index < -0.39 is 0 Å². The summed E-state index contributed by atoms with van der Waals surface area (Å²) in [7, 11) is 1.68. The minimum atomic E-state index is 0.0215. The van der Waals surface area contributed by atoms with Gasteiger partial charge in [-0.25, -0.2) is 0 Å². The minimum absolute atomic E-state index is 0.0215. The summed E-state index contributed by atoms with van der Waals surface area (Å²) in [6, 6.07) is 8.65. The largest absolute Gasteiger partial charge is 0.382 e. The van der Waals surface area contributed by atoms with Gasteiger partial charge in [0.25, 0.3) is 0 Å². The van der Waals surface area contributed by atoms with Crippen molar-refractivity contribution >= 4 is 5.91 Å². The number of rotatable bonds is 3. The third-order valence-electron chi connectivity index (χ3n) is 5.57. The molecule has 1 heterocycles. The second-order valence-electron chi connectivity index (χ2n) is 6.80. The number of methoxy groups -OCH3 is 1. The van der Waals surface area contributed by atoms with Crippen molar-refractivity contribution in [2.24, 2.45) is 5.92 Å². The quantitative estimate of drug-likeness (QED) is 0.854. The first kappa shape index (κ1) is 14.2. The van der Waals surface area contributed by atoms with E-state index in [1.807, 2.05) is 4.90 Å². The summed E-state index contributed by atoms with van der Waals surface area (Å²) in [4.78, 5) is 14.9. The molecular weight excluding hydrogens is 278 g/mol. The van der Waals surface area contributed by atoms with Gasteiger partial charge in [0, 0.05) is 31.5 Å². The fourth-order valence-corrected chi connectivity index (χ4v) is 4.35. The van der Waals surface area contributed by atoms with Gasteiger partial charge in [-0.15, -0.1) is 0 Å². The van der Waals surface area contributed by atoms with Crippen LogP contribution in [-0.4, -0.2) is 50.3 Å². The van der Waals surface area contributed by atoms with Gasteiger partial charge >= 0.3 is 0 Å². The van der Waals surface area contributed by atoms with E-state index in [4.69, 9.17) is 9.47 Å². The van der Waals surface area contributed by atoms with Crippen molar-refractivity contribution in [1.82, 2.24) is 4.90 Å². The summed E-state index contributed by atoms with van der Waals surface area (Å²) in [5.74, 6) is 0.499. The SMILES string of the molecule is COC[C@@H]1CN(C(=O)[C@H]2C[C@@]23CCc2ccccc23)CCO1. The maximum atomic E-state index is 12.9. The predicted octanol–water partition coefficient (Wildman–Crippen LogP) is 1.76. The number of nitrogens with zero attached hydrogens (tertiary/aromatic N) is 1. The predicted molar refractivity (Wildman–Crippen MR) is 82.7 cm³/mol. The molecule has 0 unspecified atom stereocenters. The fraction of sp³-hybridized carbons (Fsp3) is 0.611. The second kappa shape index (κ2) is 5.36. The van der Waals surface area contributed by atoms with Crippen molar-refractivity contribution in [3.63, 3.8) is 0 Å². The molecule has 4 rings (SSSR count). The molecule has 1 amide bonds. The van der Waals surface area contributed by atoms with Gasteiger partial charge < -0.3 is 14.4 Å². The summed E-state index contributed by atoms with van der Waals surface area (Å²) < 4.78 is 10.8. The molecule has 1 spiro atoms. The molecule has 1 aromatic carbocycles. The molecule has 3 aliphatic rings. The highest BCUT2D eigenvalue weighted by Crippen LogP contribution is 2.62. The summed E-state index contributed by atoms with van der Waals surface area (Å²) >= 11 is 0. The van der Waals surface area contributed by atoms with Crippen LogP contribution in [0.2, 0.25) is 0 Å². The van der Waals surface area contributed by atoms with E-state index in [9.17, 15) is 4.79 Å². The van der Waals surface area contributed by atoms with Gasteiger partial charge in [0.2, 0.25) is 5.91 Å². The zero-order chi connectivity index (χ0) is 15.2. The number of morpholine rings is 1. The van der Waals surface area contributed by atoms with Crippen LogP contribution < -0.4 is 0 Å². The first-order valence-electron chi connectivity index (χ1n) is 8.22. The Bertz CT molecular complexity index is 585. The van der Waals surface area contributed by atoms with Crippen molar-refractivity contribution in [3.05, 3.63) is 35.4 Å². The number of amides is 1. The van der Waals surface area contributed by atoms with Crippen LogP contribution in [0.4, 0.5) is 0 Å². The monoisotopic (exact) mass is 301 g/mol. The lowest BCUT2D eigenvalue weighted by Gasteiger charge is -2.33. The Labute approximate surface area is 131 Å². The number of aryl methyl sites for hydroxylation is 1. The molecule has 1 saturated carbocycles. The van der Waals surface area contributed by atoms with Crippen molar-refractivity contribution in [2.45, 2.75) is 30.8 Å². The Morgan fingerprint density at radius 3 is 3.18 bits per heavy atom. The van der Waals surface area contributed by atoms with E-state index in [0.717, 1.165) is 19.3 Å². The smallest absolute Gasteiger partial charge is 0.226 e.